The van der Waals surface area contributed by atoms with Crippen molar-refractivity contribution >= 4 is 34.8 Å². The first-order valence-corrected chi connectivity index (χ1v) is 9.89. The molecule has 0 aromatic heterocycles. The highest BCUT2D eigenvalue weighted by Gasteiger charge is 2.29. The summed E-state index contributed by atoms with van der Waals surface area (Å²) >= 11 is 5.94. The van der Waals surface area contributed by atoms with Crippen molar-refractivity contribution in [2.75, 3.05) is 5.32 Å². The van der Waals surface area contributed by atoms with E-state index < -0.39 is 6.10 Å². The third-order valence-electron chi connectivity index (χ3n) is 4.66. The van der Waals surface area contributed by atoms with Gasteiger partial charge in [-0.25, -0.2) is 5.43 Å². The largest absolute Gasteiger partial charge is 0.481 e. The van der Waals surface area contributed by atoms with E-state index in [-0.39, 0.29) is 17.7 Å². The van der Waals surface area contributed by atoms with Crippen LogP contribution >= 0.6 is 11.6 Å². The van der Waals surface area contributed by atoms with Gasteiger partial charge in [0.1, 0.15) is 5.75 Å². The second-order valence-corrected chi connectivity index (χ2v) is 7.62. The number of hydrogen-bond acceptors (Lipinski definition) is 4. The van der Waals surface area contributed by atoms with Crippen LogP contribution in [0, 0.1) is 12.8 Å². The molecule has 3 rings (SSSR count). The van der Waals surface area contributed by atoms with E-state index in [1.165, 1.54) is 0 Å². The van der Waals surface area contributed by atoms with Crippen LogP contribution in [0.25, 0.3) is 0 Å². The molecule has 2 N–H and O–H groups in total. The number of ether oxygens (including phenoxy) is 1. The summed E-state index contributed by atoms with van der Waals surface area (Å²) in [5.74, 6) is 0.475. The maximum Gasteiger partial charge on any atom is 0.280 e. The summed E-state index contributed by atoms with van der Waals surface area (Å²) in [6.07, 6.45) is 1.22. The molecule has 2 amide bonds. The van der Waals surface area contributed by atoms with E-state index in [1.807, 2.05) is 31.2 Å². The lowest BCUT2D eigenvalue weighted by Crippen LogP contribution is -2.34. The Morgan fingerprint density at radius 3 is 2.48 bits per heavy atom. The highest BCUT2D eigenvalue weighted by atomic mass is 35.5. The number of nitrogens with one attached hydrogen (secondary N) is 2. The Kier molecular flexibility index (Phi) is 6.54. The van der Waals surface area contributed by atoms with Crippen LogP contribution in [-0.2, 0) is 9.59 Å². The summed E-state index contributed by atoms with van der Waals surface area (Å²) in [6.45, 7) is 5.32. The van der Waals surface area contributed by atoms with E-state index in [9.17, 15) is 9.59 Å². The first kappa shape index (κ1) is 20.9. The minimum absolute atomic E-state index is 0.0697. The smallest absolute Gasteiger partial charge is 0.280 e. The zero-order valence-corrected chi connectivity index (χ0v) is 17.4. The van der Waals surface area contributed by atoms with Gasteiger partial charge in [-0.2, -0.15) is 5.10 Å². The van der Waals surface area contributed by atoms with Crippen molar-refractivity contribution in [2.24, 2.45) is 11.0 Å². The van der Waals surface area contributed by atoms with Gasteiger partial charge in [0.2, 0.25) is 5.91 Å². The Balaban J connectivity index is 1.55. The summed E-state index contributed by atoms with van der Waals surface area (Å²) in [4.78, 5) is 24.1. The lowest BCUT2D eigenvalue weighted by Gasteiger charge is -2.15. The fourth-order valence-corrected chi connectivity index (χ4v) is 2.89. The Hall–Kier alpha value is -2.86. The van der Waals surface area contributed by atoms with Gasteiger partial charge in [-0.3, -0.25) is 9.59 Å². The number of nitrogens with zero attached hydrogens (tertiary/aromatic N) is 1. The molecule has 1 unspecified atom stereocenters. The van der Waals surface area contributed by atoms with Gasteiger partial charge in [-0.15, -0.1) is 0 Å². The maximum atomic E-state index is 12.3. The highest BCUT2D eigenvalue weighted by Crippen LogP contribution is 2.30. The average Bonchev–Trinajstić information content (AvgIpc) is 3.54. The molecule has 2 aromatic carbocycles. The first-order valence-electron chi connectivity index (χ1n) is 9.51. The number of anilines is 1. The van der Waals surface area contributed by atoms with E-state index in [2.05, 4.69) is 15.8 Å². The summed E-state index contributed by atoms with van der Waals surface area (Å²) in [5.41, 5.74) is 5.63. The number of aryl methyl sites for hydroxylation is 1. The monoisotopic (exact) mass is 413 g/mol. The summed E-state index contributed by atoms with van der Waals surface area (Å²) < 4.78 is 5.70. The molecule has 1 saturated carbocycles. The molecule has 0 saturated heterocycles. The van der Waals surface area contributed by atoms with Gasteiger partial charge in [-0.05, 0) is 75.1 Å². The number of hydrogen-bond donors (Lipinski definition) is 2. The summed E-state index contributed by atoms with van der Waals surface area (Å²) in [6, 6.07) is 12.6. The average molecular weight is 414 g/mol. The minimum atomic E-state index is -0.716. The van der Waals surface area contributed by atoms with Crippen molar-refractivity contribution in [2.45, 2.75) is 39.7 Å². The molecule has 7 heteroatoms. The van der Waals surface area contributed by atoms with Gasteiger partial charge in [0.05, 0.1) is 5.71 Å². The number of rotatable bonds is 7. The molecule has 1 aliphatic carbocycles. The van der Waals surface area contributed by atoms with E-state index in [4.69, 9.17) is 16.3 Å². The lowest BCUT2D eigenvalue weighted by molar-refractivity contribution is -0.127. The normalized spacial score (nSPS) is 14.8. The number of halogens is 1. The fourth-order valence-electron chi connectivity index (χ4n) is 2.67. The van der Waals surface area contributed by atoms with Crippen LogP contribution in [0.3, 0.4) is 0 Å². The summed E-state index contributed by atoms with van der Waals surface area (Å²) in [7, 11) is 0. The Bertz CT molecular complexity index is 937. The van der Waals surface area contributed by atoms with E-state index in [1.54, 1.807) is 32.0 Å². The minimum Gasteiger partial charge on any atom is -0.481 e. The second-order valence-electron chi connectivity index (χ2n) is 7.18. The molecule has 152 valence electrons. The predicted molar refractivity (Wildman–Crippen MR) is 114 cm³/mol. The van der Waals surface area contributed by atoms with Crippen LogP contribution in [0.15, 0.2) is 47.6 Å². The molecule has 0 bridgehead atoms. The third kappa shape index (κ3) is 5.81. The Morgan fingerprint density at radius 2 is 1.86 bits per heavy atom. The molecule has 1 aliphatic rings. The SMILES string of the molecule is CC(=NNC(=O)C(C)Oc1ccc(Cl)cc1C)c1ccc(NC(=O)C2CC2)cc1. The van der Waals surface area contributed by atoms with Crippen molar-refractivity contribution in [3.05, 3.63) is 58.6 Å². The van der Waals surface area contributed by atoms with Gasteiger partial charge in [0.25, 0.3) is 5.91 Å². The molecule has 1 atom stereocenters. The molecule has 0 spiro atoms. The van der Waals surface area contributed by atoms with Crippen molar-refractivity contribution < 1.29 is 14.3 Å². The number of amides is 2. The third-order valence-corrected chi connectivity index (χ3v) is 4.90. The fraction of sp³-hybridized carbons (Fsp3) is 0.318. The molecule has 0 heterocycles. The zero-order chi connectivity index (χ0) is 21.0. The molecule has 29 heavy (non-hydrogen) atoms. The Labute approximate surface area is 175 Å². The summed E-state index contributed by atoms with van der Waals surface area (Å²) in [5, 5.41) is 7.66. The topological polar surface area (TPSA) is 79.8 Å². The molecule has 0 aliphatic heterocycles. The molecular weight excluding hydrogens is 390 g/mol. The van der Waals surface area contributed by atoms with Gasteiger partial charge < -0.3 is 10.1 Å². The maximum absolute atomic E-state index is 12.3. The van der Waals surface area contributed by atoms with E-state index in [0.29, 0.717) is 16.5 Å². The van der Waals surface area contributed by atoms with Crippen molar-refractivity contribution in [3.63, 3.8) is 0 Å². The van der Waals surface area contributed by atoms with Crippen LogP contribution < -0.4 is 15.5 Å². The van der Waals surface area contributed by atoms with Crippen molar-refractivity contribution in [1.29, 1.82) is 0 Å². The number of hydrazone groups is 1. The van der Waals surface area contributed by atoms with E-state index >= 15 is 0 Å². The van der Waals surface area contributed by atoms with Crippen LogP contribution in [0.4, 0.5) is 5.69 Å². The zero-order valence-electron chi connectivity index (χ0n) is 16.7. The standard InChI is InChI=1S/C22H24ClN3O3/c1-13-12-18(23)8-11-20(13)29-15(3)21(27)26-25-14(2)16-6-9-19(10-7-16)24-22(28)17-4-5-17/h6-12,15,17H,4-5H2,1-3H3,(H,24,28)(H,26,27). The van der Waals surface area contributed by atoms with E-state index in [0.717, 1.165) is 29.7 Å². The number of carbonyl (C=O) groups is 2. The highest BCUT2D eigenvalue weighted by molar-refractivity contribution is 6.30. The van der Waals surface area contributed by atoms with Gasteiger partial charge in [0.15, 0.2) is 6.10 Å². The van der Waals surface area contributed by atoms with Crippen LogP contribution in [0.1, 0.15) is 37.8 Å². The second kappa shape index (κ2) is 9.09. The molecule has 6 nitrogen and oxygen atoms in total. The van der Waals surface area contributed by atoms with Gasteiger partial charge >= 0.3 is 0 Å². The van der Waals surface area contributed by atoms with Gasteiger partial charge in [0, 0.05) is 16.6 Å². The molecule has 0 radical (unpaired) electrons. The lowest BCUT2D eigenvalue weighted by atomic mass is 10.1. The number of carbonyl (C=O) groups excluding carboxylic acids is 2. The number of benzene rings is 2. The van der Waals surface area contributed by atoms with Crippen LogP contribution in [-0.4, -0.2) is 23.6 Å². The quantitative estimate of drug-likeness (QED) is 0.524. The van der Waals surface area contributed by atoms with Crippen LogP contribution in [0.5, 0.6) is 5.75 Å². The predicted octanol–water partition coefficient (Wildman–Crippen LogP) is 4.30. The first-order chi connectivity index (χ1) is 13.8. The molecule has 1 fully saturated rings. The van der Waals surface area contributed by atoms with Gasteiger partial charge in [-0.1, -0.05) is 23.7 Å². The van der Waals surface area contributed by atoms with Crippen molar-refractivity contribution in [3.8, 4) is 5.75 Å². The molecule has 2 aromatic rings. The van der Waals surface area contributed by atoms with Crippen LogP contribution in [0.2, 0.25) is 5.02 Å². The van der Waals surface area contributed by atoms with Crippen molar-refractivity contribution in [1.82, 2.24) is 5.43 Å². The Morgan fingerprint density at radius 1 is 1.17 bits per heavy atom. The molecular formula is C22H24ClN3O3.